The van der Waals surface area contributed by atoms with E-state index in [2.05, 4.69) is 12.2 Å². The zero-order valence-electron chi connectivity index (χ0n) is 10.2. The summed E-state index contributed by atoms with van der Waals surface area (Å²) in [6.45, 7) is 3.20. The van der Waals surface area contributed by atoms with Crippen molar-refractivity contribution in [3.8, 4) is 0 Å². The van der Waals surface area contributed by atoms with E-state index < -0.39 is 0 Å². The molecule has 1 saturated carbocycles. The van der Waals surface area contributed by atoms with Crippen molar-refractivity contribution in [1.29, 1.82) is 0 Å². The highest BCUT2D eigenvalue weighted by atomic mass is 35.5. The van der Waals surface area contributed by atoms with Gasteiger partial charge in [0.2, 0.25) is 0 Å². The third-order valence-corrected chi connectivity index (χ3v) is 3.59. The largest absolute Gasteiger partial charge is 0.313 e. The van der Waals surface area contributed by atoms with E-state index in [1.807, 2.05) is 6.07 Å². The molecule has 0 amide bonds. The number of hydrogen-bond donors (Lipinski definition) is 1. The van der Waals surface area contributed by atoms with Gasteiger partial charge < -0.3 is 5.32 Å². The summed E-state index contributed by atoms with van der Waals surface area (Å²) in [5, 5.41) is 3.77. The Bertz CT molecular complexity index is 376. The molecular weight excluding hydrogens is 237 g/mol. The fourth-order valence-corrected chi connectivity index (χ4v) is 2.27. The summed E-state index contributed by atoms with van der Waals surface area (Å²) in [6.07, 6.45) is 4.64. The Hall–Kier alpha value is -0.600. The van der Waals surface area contributed by atoms with E-state index in [-0.39, 0.29) is 10.8 Å². The molecule has 1 aliphatic carbocycles. The van der Waals surface area contributed by atoms with Gasteiger partial charge in [-0.05, 0) is 55.8 Å². The number of benzene rings is 1. The lowest BCUT2D eigenvalue weighted by molar-refractivity contribution is 0.459. The van der Waals surface area contributed by atoms with Crippen LogP contribution in [0, 0.1) is 11.7 Å². The van der Waals surface area contributed by atoms with Gasteiger partial charge in [0.05, 0.1) is 5.02 Å². The van der Waals surface area contributed by atoms with Crippen LogP contribution in [0.3, 0.4) is 0 Å². The van der Waals surface area contributed by atoms with Gasteiger partial charge in [0.25, 0.3) is 0 Å². The minimum Gasteiger partial charge on any atom is -0.313 e. The molecule has 1 aromatic carbocycles. The van der Waals surface area contributed by atoms with E-state index in [0.29, 0.717) is 6.04 Å². The topological polar surface area (TPSA) is 12.0 Å². The summed E-state index contributed by atoms with van der Waals surface area (Å²) < 4.78 is 13.3. The van der Waals surface area contributed by atoms with Crippen LogP contribution in [0.2, 0.25) is 5.02 Å². The van der Waals surface area contributed by atoms with Gasteiger partial charge in [-0.3, -0.25) is 0 Å². The molecule has 0 radical (unpaired) electrons. The zero-order chi connectivity index (χ0) is 12.3. The second-order valence-corrected chi connectivity index (χ2v) is 5.26. The smallest absolute Gasteiger partial charge is 0.142 e. The van der Waals surface area contributed by atoms with Crippen LogP contribution in [-0.2, 0) is 6.42 Å². The monoisotopic (exact) mass is 255 g/mol. The molecule has 0 spiro atoms. The highest BCUT2D eigenvalue weighted by Gasteiger charge is 2.30. The summed E-state index contributed by atoms with van der Waals surface area (Å²) in [4.78, 5) is 0. The van der Waals surface area contributed by atoms with Crippen LogP contribution in [0.25, 0.3) is 0 Å². The van der Waals surface area contributed by atoms with Gasteiger partial charge in [0, 0.05) is 6.04 Å². The second-order valence-electron chi connectivity index (χ2n) is 4.85. The summed E-state index contributed by atoms with van der Waals surface area (Å²) >= 11 is 5.69. The fourth-order valence-electron chi connectivity index (χ4n) is 2.15. The molecular formula is C14H19ClFN. The SMILES string of the molecule is CCCNC(Cc1ccc(Cl)c(F)c1)C1CC1. The Labute approximate surface area is 107 Å². The van der Waals surface area contributed by atoms with Gasteiger partial charge in [-0.25, -0.2) is 4.39 Å². The Morgan fingerprint density at radius 3 is 2.82 bits per heavy atom. The van der Waals surface area contributed by atoms with E-state index in [0.717, 1.165) is 30.9 Å². The van der Waals surface area contributed by atoms with Crippen molar-refractivity contribution in [2.45, 2.75) is 38.6 Å². The number of rotatable bonds is 6. The van der Waals surface area contributed by atoms with Crippen molar-refractivity contribution >= 4 is 11.6 Å². The second kappa shape index (κ2) is 5.83. The minimum atomic E-state index is -0.311. The Balaban J connectivity index is 1.98. The Kier molecular flexibility index (Phi) is 4.41. The molecule has 1 unspecified atom stereocenters. The highest BCUT2D eigenvalue weighted by molar-refractivity contribution is 6.30. The first-order valence-corrected chi connectivity index (χ1v) is 6.75. The van der Waals surface area contributed by atoms with Crippen LogP contribution in [0.4, 0.5) is 4.39 Å². The maximum Gasteiger partial charge on any atom is 0.142 e. The summed E-state index contributed by atoms with van der Waals surface area (Å²) in [5.74, 6) is 0.467. The molecule has 2 rings (SSSR count). The lowest BCUT2D eigenvalue weighted by Crippen LogP contribution is -2.33. The number of hydrogen-bond acceptors (Lipinski definition) is 1. The molecule has 1 fully saturated rings. The summed E-state index contributed by atoms with van der Waals surface area (Å²) in [5.41, 5.74) is 1.03. The van der Waals surface area contributed by atoms with Crippen molar-refractivity contribution in [1.82, 2.24) is 5.32 Å². The van der Waals surface area contributed by atoms with Crippen molar-refractivity contribution < 1.29 is 4.39 Å². The van der Waals surface area contributed by atoms with Gasteiger partial charge in [-0.2, -0.15) is 0 Å². The van der Waals surface area contributed by atoms with Gasteiger partial charge in [0.1, 0.15) is 5.82 Å². The molecule has 1 nitrogen and oxygen atoms in total. The molecule has 1 N–H and O–H groups in total. The van der Waals surface area contributed by atoms with E-state index in [9.17, 15) is 4.39 Å². The first-order chi connectivity index (χ1) is 8.20. The Morgan fingerprint density at radius 2 is 2.24 bits per heavy atom. The first-order valence-electron chi connectivity index (χ1n) is 6.38. The van der Waals surface area contributed by atoms with Crippen LogP contribution in [0.15, 0.2) is 18.2 Å². The quantitative estimate of drug-likeness (QED) is 0.815. The van der Waals surface area contributed by atoms with Gasteiger partial charge in [0.15, 0.2) is 0 Å². The van der Waals surface area contributed by atoms with Gasteiger partial charge in [-0.15, -0.1) is 0 Å². The maximum absolute atomic E-state index is 13.3. The molecule has 0 saturated heterocycles. The normalized spacial score (nSPS) is 17.1. The molecule has 3 heteroatoms. The maximum atomic E-state index is 13.3. The molecule has 1 atom stereocenters. The van der Waals surface area contributed by atoms with Crippen molar-refractivity contribution in [2.24, 2.45) is 5.92 Å². The zero-order valence-corrected chi connectivity index (χ0v) is 10.9. The van der Waals surface area contributed by atoms with Crippen LogP contribution in [-0.4, -0.2) is 12.6 Å². The highest BCUT2D eigenvalue weighted by Crippen LogP contribution is 2.34. The predicted octanol–water partition coefficient (Wildman–Crippen LogP) is 3.80. The van der Waals surface area contributed by atoms with Crippen LogP contribution < -0.4 is 5.32 Å². The molecule has 1 aliphatic rings. The molecule has 0 heterocycles. The van der Waals surface area contributed by atoms with Gasteiger partial charge >= 0.3 is 0 Å². The van der Waals surface area contributed by atoms with Crippen molar-refractivity contribution in [2.75, 3.05) is 6.54 Å². The predicted molar refractivity (Wildman–Crippen MR) is 69.9 cm³/mol. The van der Waals surface area contributed by atoms with Crippen molar-refractivity contribution in [3.05, 3.63) is 34.6 Å². The average Bonchev–Trinajstić information content (AvgIpc) is 3.13. The minimum absolute atomic E-state index is 0.207. The van der Waals surface area contributed by atoms with E-state index >= 15 is 0 Å². The van der Waals surface area contributed by atoms with E-state index in [4.69, 9.17) is 11.6 Å². The molecule has 0 bridgehead atoms. The number of nitrogens with one attached hydrogen (secondary N) is 1. The molecule has 0 aromatic heterocycles. The van der Waals surface area contributed by atoms with Gasteiger partial charge in [-0.1, -0.05) is 24.6 Å². The van der Waals surface area contributed by atoms with Crippen LogP contribution >= 0.6 is 11.6 Å². The van der Waals surface area contributed by atoms with E-state index in [1.165, 1.54) is 12.8 Å². The molecule has 94 valence electrons. The lowest BCUT2D eigenvalue weighted by Gasteiger charge is -2.18. The Morgan fingerprint density at radius 1 is 1.47 bits per heavy atom. The molecule has 0 aliphatic heterocycles. The van der Waals surface area contributed by atoms with E-state index in [1.54, 1.807) is 12.1 Å². The van der Waals surface area contributed by atoms with Crippen LogP contribution in [0.1, 0.15) is 31.7 Å². The number of halogens is 2. The third kappa shape index (κ3) is 3.68. The average molecular weight is 256 g/mol. The molecule has 17 heavy (non-hydrogen) atoms. The summed E-state index contributed by atoms with van der Waals surface area (Å²) in [6, 6.07) is 5.63. The third-order valence-electron chi connectivity index (χ3n) is 3.29. The van der Waals surface area contributed by atoms with Crippen LogP contribution in [0.5, 0.6) is 0 Å². The van der Waals surface area contributed by atoms with Crippen molar-refractivity contribution in [3.63, 3.8) is 0 Å². The first kappa shape index (κ1) is 12.8. The lowest BCUT2D eigenvalue weighted by atomic mass is 10.0. The molecule has 1 aromatic rings. The summed E-state index contributed by atoms with van der Waals surface area (Å²) in [7, 11) is 0. The fraction of sp³-hybridized carbons (Fsp3) is 0.571. The standard InChI is InChI=1S/C14H19ClFN/c1-2-7-17-14(11-4-5-11)9-10-3-6-12(15)13(16)8-10/h3,6,8,11,14,17H,2,4-5,7,9H2,1H3.